The first-order chi connectivity index (χ1) is 7.18. The molecule has 4 nitrogen and oxygen atoms in total. The van der Waals surface area contributed by atoms with E-state index in [4.69, 9.17) is 11.6 Å². The lowest BCUT2D eigenvalue weighted by Crippen LogP contribution is -2.05. The molecule has 2 rings (SSSR count). The third kappa shape index (κ3) is 1.87. The van der Waals surface area contributed by atoms with Crippen LogP contribution in [0.2, 0.25) is 5.02 Å². The molecule has 0 spiro atoms. The summed E-state index contributed by atoms with van der Waals surface area (Å²) in [5.74, 6) is -0.984. The Hall–Kier alpha value is -1.75. The molecule has 0 fully saturated rings. The molecule has 6 heteroatoms. The lowest BCUT2D eigenvalue weighted by molar-refractivity contribution is 0.102. The van der Waals surface area contributed by atoms with Crippen LogP contribution >= 0.6 is 11.6 Å². The Morgan fingerprint density at radius 1 is 1.47 bits per heavy atom. The highest BCUT2D eigenvalue weighted by atomic mass is 35.5. The molecular weight excluding hydrogens is 221 g/mol. The lowest BCUT2D eigenvalue weighted by Gasteiger charge is -2.00. The van der Waals surface area contributed by atoms with Crippen LogP contribution in [0.3, 0.4) is 0 Å². The summed E-state index contributed by atoms with van der Waals surface area (Å²) in [4.78, 5) is 15.4. The van der Waals surface area contributed by atoms with Crippen molar-refractivity contribution in [1.29, 1.82) is 0 Å². The van der Waals surface area contributed by atoms with Gasteiger partial charge in [-0.15, -0.1) is 0 Å². The van der Waals surface area contributed by atoms with Crippen LogP contribution in [0.5, 0.6) is 0 Å². The van der Waals surface area contributed by atoms with Crippen molar-refractivity contribution in [3.05, 3.63) is 46.8 Å². The van der Waals surface area contributed by atoms with Crippen molar-refractivity contribution in [2.45, 2.75) is 0 Å². The Labute approximate surface area is 89.1 Å². The second kappa shape index (κ2) is 3.78. The zero-order valence-corrected chi connectivity index (χ0v) is 8.12. The Balaban J connectivity index is 2.46. The number of nitrogens with one attached hydrogen (secondary N) is 1. The molecule has 0 unspecified atom stereocenters. The molecule has 0 radical (unpaired) electrons. The van der Waals surface area contributed by atoms with Gasteiger partial charge in [0, 0.05) is 5.56 Å². The molecule has 1 aromatic carbocycles. The zero-order valence-electron chi connectivity index (χ0n) is 7.37. The summed E-state index contributed by atoms with van der Waals surface area (Å²) in [6.45, 7) is 0. The maximum atomic E-state index is 12.9. The van der Waals surface area contributed by atoms with E-state index in [0.717, 1.165) is 6.07 Å². The van der Waals surface area contributed by atoms with Gasteiger partial charge in [-0.2, -0.15) is 5.10 Å². The maximum absolute atomic E-state index is 12.9. The van der Waals surface area contributed by atoms with Crippen LogP contribution in [0.4, 0.5) is 4.39 Å². The van der Waals surface area contributed by atoms with Crippen molar-refractivity contribution in [3.8, 4) is 0 Å². The van der Waals surface area contributed by atoms with E-state index >= 15 is 0 Å². The van der Waals surface area contributed by atoms with E-state index in [-0.39, 0.29) is 16.4 Å². The molecule has 0 aliphatic rings. The summed E-state index contributed by atoms with van der Waals surface area (Å²) in [6.07, 6.45) is 1.19. The molecule has 1 N–H and O–H groups in total. The molecule has 0 saturated carbocycles. The van der Waals surface area contributed by atoms with Gasteiger partial charge in [0.2, 0.25) is 5.78 Å². The summed E-state index contributed by atoms with van der Waals surface area (Å²) in [7, 11) is 0. The van der Waals surface area contributed by atoms with E-state index in [1.54, 1.807) is 0 Å². The fraction of sp³-hybridized carbons (Fsp3) is 0. The molecule has 1 heterocycles. The van der Waals surface area contributed by atoms with Gasteiger partial charge in [-0.3, -0.25) is 9.89 Å². The Morgan fingerprint density at radius 2 is 2.27 bits per heavy atom. The van der Waals surface area contributed by atoms with Crippen LogP contribution in [0.15, 0.2) is 24.5 Å². The zero-order chi connectivity index (χ0) is 10.8. The Bertz CT molecular complexity index is 498. The first-order valence-electron chi connectivity index (χ1n) is 4.03. The maximum Gasteiger partial charge on any atom is 0.231 e. The molecule has 0 saturated heterocycles. The molecule has 0 aliphatic carbocycles. The van der Waals surface area contributed by atoms with Gasteiger partial charge in [0.1, 0.15) is 12.1 Å². The van der Waals surface area contributed by atoms with Crippen molar-refractivity contribution in [3.63, 3.8) is 0 Å². The first-order valence-corrected chi connectivity index (χ1v) is 4.41. The van der Waals surface area contributed by atoms with Crippen LogP contribution in [0.25, 0.3) is 0 Å². The number of ketones is 1. The van der Waals surface area contributed by atoms with Gasteiger partial charge in [0.25, 0.3) is 0 Å². The quantitative estimate of drug-likeness (QED) is 0.794. The summed E-state index contributed by atoms with van der Waals surface area (Å²) >= 11 is 5.76. The SMILES string of the molecule is O=C(c1ncn[nH]1)c1cc(F)ccc1Cl. The highest BCUT2D eigenvalue weighted by Crippen LogP contribution is 2.19. The van der Waals surface area contributed by atoms with Crippen molar-refractivity contribution in [1.82, 2.24) is 15.2 Å². The number of H-pyrrole nitrogens is 1. The van der Waals surface area contributed by atoms with Gasteiger partial charge in [0.15, 0.2) is 5.82 Å². The number of benzene rings is 1. The van der Waals surface area contributed by atoms with E-state index < -0.39 is 11.6 Å². The van der Waals surface area contributed by atoms with Crippen molar-refractivity contribution in [2.24, 2.45) is 0 Å². The smallest absolute Gasteiger partial charge is 0.231 e. The van der Waals surface area contributed by atoms with E-state index in [1.807, 2.05) is 0 Å². The fourth-order valence-corrected chi connectivity index (χ4v) is 1.32. The number of carbonyl (C=O) groups is 1. The molecule has 1 aromatic heterocycles. The molecule has 76 valence electrons. The third-order valence-electron chi connectivity index (χ3n) is 1.80. The van der Waals surface area contributed by atoms with Gasteiger partial charge in [-0.25, -0.2) is 9.37 Å². The number of nitrogens with zero attached hydrogens (tertiary/aromatic N) is 2. The van der Waals surface area contributed by atoms with Crippen LogP contribution in [0.1, 0.15) is 16.2 Å². The Morgan fingerprint density at radius 3 is 2.93 bits per heavy atom. The van der Waals surface area contributed by atoms with E-state index in [1.165, 1.54) is 18.5 Å². The van der Waals surface area contributed by atoms with E-state index in [2.05, 4.69) is 15.2 Å². The lowest BCUT2D eigenvalue weighted by atomic mass is 10.1. The molecule has 0 amide bonds. The molecule has 0 atom stereocenters. The number of carbonyl (C=O) groups excluding carboxylic acids is 1. The minimum atomic E-state index is -0.526. The van der Waals surface area contributed by atoms with Crippen LogP contribution < -0.4 is 0 Å². The van der Waals surface area contributed by atoms with Gasteiger partial charge < -0.3 is 0 Å². The predicted molar refractivity (Wildman–Crippen MR) is 51.2 cm³/mol. The van der Waals surface area contributed by atoms with Gasteiger partial charge in [-0.1, -0.05) is 11.6 Å². The van der Waals surface area contributed by atoms with E-state index in [9.17, 15) is 9.18 Å². The fourth-order valence-electron chi connectivity index (χ4n) is 1.11. The topological polar surface area (TPSA) is 58.6 Å². The molecule has 0 bridgehead atoms. The minimum Gasteiger partial charge on any atom is -0.285 e. The first kappa shape index (κ1) is 9.79. The number of aromatic nitrogens is 3. The summed E-state index contributed by atoms with van der Waals surface area (Å²) in [5, 5.41) is 6.10. The normalized spacial score (nSPS) is 10.3. The molecule has 15 heavy (non-hydrogen) atoms. The minimum absolute atomic E-state index is 0.0301. The number of hydrogen-bond donors (Lipinski definition) is 1. The molecule has 0 aliphatic heterocycles. The van der Waals surface area contributed by atoms with Crippen molar-refractivity contribution in [2.75, 3.05) is 0 Å². The molecular formula is C9H5ClFN3O. The Kier molecular flexibility index (Phi) is 2.47. The number of aromatic amines is 1. The standard InChI is InChI=1S/C9H5ClFN3O/c10-7-2-1-5(11)3-6(7)8(15)9-12-4-13-14-9/h1-4H,(H,12,13,14). The average molecular weight is 226 g/mol. The largest absolute Gasteiger partial charge is 0.285 e. The predicted octanol–water partition coefficient (Wildman–Crippen LogP) is 1.83. The highest BCUT2D eigenvalue weighted by molar-refractivity contribution is 6.34. The average Bonchev–Trinajstić information content (AvgIpc) is 2.74. The van der Waals surface area contributed by atoms with Gasteiger partial charge in [-0.05, 0) is 18.2 Å². The van der Waals surface area contributed by atoms with Crippen LogP contribution in [0, 0.1) is 5.82 Å². The molecule has 2 aromatic rings. The van der Waals surface area contributed by atoms with Crippen molar-refractivity contribution >= 4 is 17.4 Å². The highest BCUT2D eigenvalue weighted by Gasteiger charge is 2.15. The summed E-state index contributed by atoms with van der Waals surface area (Å²) < 4.78 is 12.9. The number of hydrogen-bond acceptors (Lipinski definition) is 3. The summed E-state index contributed by atoms with van der Waals surface area (Å²) in [6, 6.07) is 3.56. The van der Waals surface area contributed by atoms with Crippen LogP contribution in [-0.2, 0) is 0 Å². The summed E-state index contributed by atoms with van der Waals surface area (Å²) in [5.41, 5.74) is 0.0633. The number of halogens is 2. The van der Waals surface area contributed by atoms with Gasteiger partial charge in [0.05, 0.1) is 5.02 Å². The second-order valence-corrected chi connectivity index (χ2v) is 3.19. The van der Waals surface area contributed by atoms with Crippen LogP contribution in [-0.4, -0.2) is 21.0 Å². The van der Waals surface area contributed by atoms with Crippen molar-refractivity contribution < 1.29 is 9.18 Å². The van der Waals surface area contributed by atoms with E-state index in [0.29, 0.717) is 0 Å². The monoisotopic (exact) mass is 225 g/mol. The second-order valence-electron chi connectivity index (χ2n) is 2.79. The van der Waals surface area contributed by atoms with Gasteiger partial charge >= 0.3 is 0 Å². The third-order valence-corrected chi connectivity index (χ3v) is 2.13. The number of rotatable bonds is 2.